The lowest BCUT2D eigenvalue weighted by molar-refractivity contribution is 0.0625. The molecule has 1 heterocycles. The van der Waals surface area contributed by atoms with Crippen molar-refractivity contribution in [2.45, 2.75) is 13.8 Å². The maximum atomic E-state index is 12.5. The van der Waals surface area contributed by atoms with Crippen LogP contribution >= 0.6 is 11.6 Å². The van der Waals surface area contributed by atoms with Crippen LogP contribution in [-0.4, -0.2) is 48.4 Å². The summed E-state index contributed by atoms with van der Waals surface area (Å²) in [5, 5.41) is 0.430. The molecule has 0 radical (unpaired) electrons. The van der Waals surface area contributed by atoms with Crippen molar-refractivity contribution in [3.8, 4) is 0 Å². The van der Waals surface area contributed by atoms with Crippen molar-refractivity contribution in [2.24, 2.45) is 5.92 Å². The number of carbonyl (C=O) groups excluding carboxylic acids is 1. The molecule has 1 aliphatic heterocycles. The Balaban J connectivity index is 2.02. The van der Waals surface area contributed by atoms with E-state index in [0.717, 1.165) is 32.7 Å². The molecular weight excluding hydrogens is 274 g/mol. The molecule has 0 atom stereocenters. The van der Waals surface area contributed by atoms with Crippen LogP contribution in [0.3, 0.4) is 0 Å². The number of nitrogen functional groups attached to an aromatic ring is 1. The summed E-state index contributed by atoms with van der Waals surface area (Å²) in [7, 11) is 0. The van der Waals surface area contributed by atoms with Crippen LogP contribution in [0, 0.1) is 5.92 Å². The first-order chi connectivity index (χ1) is 9.49. The average Bonchev–Trinajstić information content (AvgIpc) is 2.38. The summed E-state index contributed by atoms with van der Waals surface area (Å²) >= 11 is 6.10. The van der Waals surface area contributed by atoms with Crippen LogP contribution in [0.5, 0.6) is 0 Å². The molecule has 4 nitrogen and oxygen atoms in total. The Bertz CT molecular complexity index is 462. The first-order valence-corrected chi connectivity index (χ1v) is 7.42. The number of carbonyl (C=O) groups is 1. The predicted molar refractivity (Wildman–Crippen MR) is 83.0 cm³/mol. The molecule has 1 amide bonds. The number of hydrogen-bond donors (Lipinski definition) is 1. The largest absolute Gasteiger partial charge is 0.398 e. The number of nitrogens with two attached hydrogens (primary N) is 1. The topological polar surface area (TPSA) is 49.6 Å². The minimum Gasteiger partial charge on any atom is -0.398 e. The van der Waals surface area contributed by atoms with Crippen LogP contribution in [0.25, 0.3) is 0 Å². The zero-order valence-corrected chi connectivity index (χ0v) is 12.9. The van der Waals surface area contributed by atoms with Gasteiger partial charge in [0.1, 0.15) is 0 Å². The Morgan fingerprint density at radius 2 is 1.95 bits per heavy atom. The average molecular weight is 296 g/mol. The maximum absolute atomic E-state index is 12.5. The summed E-state index contributed by atoms with van der Waals surface area (Å²) in [5.41, 5.74) is 6.77. The molecule has 0 aromatic heterocycles. The minimum absolute atomic E-state index is 0.0581. The number of rotatable bonds is 3. The highest BCUT2D eigenvalue weighted by Crippen LogP contribution is 2.24. The van der Waals surface area contributed by atoms with E-state index in [1.165, 1.54) is 0 Å². The molecule has 110 valence electrons. The highest BCUT2D eigenvalue weighted by Gasteiger charge is 2.25. The van der Waals surface area contributed by atoms with E-state index in [4.69, 9.17) is 17.3 Å². The summed E-state index contributed by atoms with van der Waals surface area (Å²) in [6, 6.07) is 5.18. The van der Waals surface area contributed by atoms with Crippen molar-refractivity contribution < 1.29 is 4.79 Å². The molecule has 0 bridgehead atoms. The SMILES string of the molecule is CC(C)CN1CCN(C(=O)c2c(N)cccc2Cl)CC1. The molecule has 1 aromatic carbocycles. The summed E-state index contributed by atoms with van der Waals surface area (Å²) in [4.78, 5) is 16.7. The van der Waals surface area contributed by atoms with Crippen molar-refractivity contribution in [3.63, 3.8) is 0 Å². The van der Waals surface area contributed by atoms with E-state index in [-0.39, 0.29) is 5.91 Å². The third-order valence-corrected chi connectivity index (χ3v) is 3.86. The van der Waals surface area contributed by atoms with Crippen molar-refractivity contribution in [1.82, 2.24) is 9.80 Å². The normalized spacial score (nSPS) is 16.7. The van der Waals surface area contributed by atoms with Crippen molar-refractivity contribution in [3.05, 3.63) is 28.8 Å². The second-order valence-corrected chi connectivity index (χ2v) is 6.10. The molecule has 2 rings (SSSR count). The second kappa shape index (κ2) is 6.46. The molecule has 0 unspecified atom stereocenters. The highest BCUT2D eigenvalue weighted by atomic mass is 35.5. The van der Waals surface area contributed by atoms with Crippen LogP contribution in [0.15, 0.2) is 18.2 Å². The fourth-order valence-electron chi connectivity index (χ4n) is 2.57. The minimum atomic E-state index is -0.0581. The molecule has 0 aliphatic carbocycles. The first-order valence-electron chi connectivity index (χ1n) is 7.04. The van der Waals surface area contributed by atoms with E-state index in [0.29, 0.717) is 22.2 Å². The van der Waals surface area contributed by atoms with E-state index in [1.54, 1.807) is 18.2 Å². The Hall–Kier alpha value is -1.26. The van der Waals surface area contributed by atoms with Crippen LogP contribution in [0.2, 0.25) is 5.02 Å². The number of halogens is 1. The lowest BCUT2D eigenvalue weighted by Gasteiger charge is -2.35. The smallest absolute Gasteiger partial charge is 0.257 e. The van der Waals surface area contributed by atoms with Gasteiger partial charge in [0.2, 0.25) is 0 Å². The molecule has 1 aromatic rings. The number of piperazine rings is 1. The second-order valence-electron chi connectivity index (χ2n) is 5.69. The van der Waals surface area contributed by atoms with E-state index in [1.807, 2.05) is 4.90 Å². The van der Waals surface area contributed by atoms with Gasteiger partial charge in [0.25, 0.3) is 5.91 Å². The molecule has 1 fully saturated rings. The Morgan fingerprint density at radius 1 is 1.30 bits per heavy atom. The molecule has 1 aliphatic rings. The molecule has 1 saturated heterocycles. The zero-order valence-electron chi connectivity index (χ0n) is 12.1. The molecule has 5 heteroatoms. The third-order valence-electron chi connectivity index (χ3n) is 3.54. The van der Waals surface area contributed by atoms with E-state index < -0.39 is 0 Å². The number of nitrogens with zero attached hydrogens (tertiary/aromatic N) is 2. The van der Waals surface area contributed by atoms with Crippen LogP contribution in [-0.2, 0) is 0 Å². The van der Waals surface area contributed by atoms with Gasteiger partial charge in [-0.3, -0.25) is 9.69 Å². The van der Waals surface area contributed by atoms with Gasteiger partial charge in [0.05, 0.1) is 10.6 Å². The van der Waals surface area contributed by atoms with Gasteiger partial charge in [0.15, 0.2) is 0 Å². The highest BCUT2D eigenvalue weighted by molar-refractivity contribution is 6.34. The van der Waals surface area contributed by atoms with Gasteiger partial charge in [-0.1, -0.05) is 31.5 Å². The first kappa shape index (κ1) is 15.1. The Labute approximate surface area is 125 Å². The lowest BCUT2D eigenvalue weighted by Crippen LogP contribution is -2.49. The number of anilines is 1. The van der Waals surface area contributed by atoms with Gasteiger partial charge >= 0.3 is 0 Å². The molecular formula is C15H22ClN3O. The summed E-state index contributed by atoms with van der Waals surface area (Å²) in [5.74, 6) is 0.591. The van der Waals surface area contributed by atoms with Crippen molar-refractivity contribution in [2.75, 3.05) is 38.5 Å². The standard InChI is InChI=1S/C15H22ClN3O/c1-11(2)10-18-6-8-19(9-7-18)15(20)14-12(16)4-3-5-13(14)17/h3-5,11H,6-10,17H2,1-2H3. The molecule has 0 spiro atoms. The predicted octanol–water partition coefficient (Wildman–Crippen LogP) is 2.34. The quantitative estimate of drug-likeness (QED) is 0.871. The van der Waals surface area contributed by atoms with E-state index in [2.05, 4.69) is 18.7 Å². The van der Waals surface area contributed by atoms with E-state index >= 15 is 0 Å². The van der Waals surface area contributed by atoms with Crippen LogP contribution in [0.4, 0.5) is 5.69 Å². The summed E-state index contributed by atoms with van der Waals surface area (Å²) in [6.45, 7) is 8.79. The monoisotopic (exact) mass is 295 g/mol. The van der Waals surface area contributed by atoms with Gasteiger partial charge in [-0.2, -0.15) is 0 Å². The van der Waals surface area contributed by atoms with Crippen LogP contribution < -0.4 is 5.73 Å². The maximum Gasteiger partial charge on any atom is 0.257 e. The van der Waals surface area contributed by atoms with Gasteiger partial charge in [0, 0.05) is 38.4 Å². The van der Waals surface area contributed by atoms with Gasteiger partial charge in [-0.15, -0.1) is 0 Å². The zero-order chi connectivity index (χ0) is 14.7. The molecule has 20 heavy (non-hydrogen) atoms. The number of amides is 1. The number of hydrogen-bond acceptors (Lipinski definition) is 3. The Morgan fingerprint density at radius 3 is 2.50 bits per heavy atom. The van der Waals surface area contributed by atoms with Crippen molar-refractivity contribution in [1.29, 1.82) is 0 Å². The van der Waals surface area contributed by atoms with Gasteiger partial charge < -0.3 is 10.6 Å². The Kier molecular flexibility index (Phi) is 4.89. The fraction of sp³-hybridized carbons (Fsp3) is 0.533. The van der Waals surface area contributed by atoms with Crippen molar-refractivity contribution >= 4 is 23.2 Å². The van der Waals surface area contributed by atoms with Gasteiger partial charge in [-0.25, -0.2) is 0 Å². The third kappa shape index (κ3) is 3.44. The number of benzene rings is 1. The molecule has 2 N–H and O–H groups in total. The van der Waals surface area contributed by atoms with Crippen LogP contribution in [0.1, 0.15) is 24.2 Å². The fourth-order valence-corrected chi connectivity index (χ4v) is 2.84. The van der Waals surface area contributed by atoms with E-state index in [9.17, 15) is 4.79 Å². The summed E-state index contributed by atoms with van der Waals surface area (Å²) < 4.78 is 0. The lowest BCUT2D eigenvalue weighted by atomic mass is 10.1. The van der Waals surface area contributed by atoms with Gasteiger partial charge in [-0.05, 0) is 18.1 Å². The molecule has 0 saturated carbocycles. The summed E-state index contributed by atoms with van der Waals surface area (Å²) in [6.07, 6.45) is 0.